The first-order valence-corrected chi connectivity index (χ1v) is 8.72. The number of benzene rings is 1. The minimum atomic E-state index is -3.65. The summed E-state index contributed by atoms with van der Waals surface area (Å²) in [4.78, 5) is -0.00630. The summed E-state index contributed by atoms with van der Waals surface area (Å²) in [5, 5.41) is 3.57. The number of rotatable bonds is 7. The molecule has 5 nitrogen and oxygen atoms in total. The fraction of sp³-hybridized carbons (Fsp3) is 0.400. The van der Waals surface area contributed by atoms with Crippen molar-refractivity contribution in [2.75, 3.05) is 4.72 Å². The minimum absolute atomic E-state index is 0.00630. The molecule has 1 aromatic carbocycles. The van der Waals surface area contributed by atoms with Crippen LogP contribution in [0.2, 0.25) is 0 Å². The van der Waals surface area contributed by atoms with E-state index in [2.05, 4.69) is 9.88 Å². The molecule has 0 bridgehead atoms. The van der Waals surface area contributed by atoms with Gasteiger partial charge in [0, 0.05) is 18.1 Å². The minimum Gasteiger partial charge on any atom is -0.359 e. The summed E-state index contributed by atoms with van der Waals surface area (Å²) in [6.45, 7) is 3.49. The number of aryl methyl sites for hydroxylation is 1. The lowest BCUT2D eigenvalue weighted by Gasteiger charge is -2.16. The summed E-state index contributed by atoms with van der Waals surface area (Å²) >= 11 is 0. The SMILES string of the molecule is CCCCC(F)(F)c1ccc([S+](=O)(O)Nc2cc(C)on2)cc1. The highest BCUT2D eigenvalue weighted by Crippen LogP contribution is 2.34. The number of nitrogens with one attached hydrogen (secondary N) is 1. The van der Waals surface area contributed by atoms with E-state index < -0.39 is 16.3 Å². The van der Waals surface area contributed by atoms with Gasteiger partial charge in [-0.25, -0.2) is 8.78 Å². The van der Waals surface area contributed by atoms with Crippen LogP contribution in [0.25, 0.3) is 0 Å². The van der Waals surface area contributed by atoms with Gasteiger partial charge in [0.2, 0.25) is 10.7 Å². The maximum atomic E-state index is 13.9. The summed E-state index contributed by atoms with van der Waals surface area (Å²) in [5.41, 5.74) is -0.165. The van der Waals surface area contributed by atoms with Crippen molar-refractivity contribution < 1.29 is 22.1 Å². The molecular formula is C15H19F2N2O3S+. The third kappa shape index (κ3) is 4.35. The Bertz CT molecular complexity index is 701. The van der Waals surface area contributed by atoms with Crippen LogP contribution in [-0.2, 0) is 20.5 Å². The van der Waals surface area contributed by atoms with Crippen LogP contribution in [0.15, 0.2) is 39.8 Å². The molecule has 0 aliphatic heterocycles. The van der Waals surface area contributed by atoms with Gasteiger partial charge in [-0.15, -0.1) is 0 Å². The highest BCUT2D eigenvalue weighted by Gasteiger charge is 2.34. The highest BCUT2D eigenvalue weighted by atomic mass is 32.3. The van der Waals surface area contributed by atoms with E-state index in [0.29, 0.717) is 18.6 Å². The average Bonchev–Trinajstić information content (AvgIpc) is 2.90. The third-order valence-corrected chi connectivity index (χ3v) is 4.71. The predicted molar refractivity (Wildman–Crippen MR) is 83.7 cm³/mol. The smallest absolute Gasteiger partial charge is 0.347 e. The number of alkyl halides is 2. The maximum absolute atomic E-state index is 13.9. The third-order valence-electron chi connectivity index (χ3n) is 3.31. The van der Waals surface area contributed by atoms with Crippen molar-refractivity contribution in [3.8, 4) is 0 Å². The van der Waals surface area contributed by atoms with E-state index in [9.17, 15) is 17.5 Å². The second-order valence-electron chi connectivity index (χ2n) is 5.28. The molecule has 0 fully saturated rings. The van der Waals surface area contributed by atoms with E-state index in [-0.39, 0.29) is 22.7 Å². The molecule has 0 spiro atoms. The molecule has 126 valence electrons. The predicted octanol–water partition coefficient (Wildman–Crippen LogP) is 4.62. The molecule has 0 aliphatic rings. The zero-order valence-electron chi connectivity index (χ0n) is 12.9. The molecule has 2 aromatic rings. The van der Waals surface area contributed by atoms with Crippen molar-refractivity contribution in [2.45, 2.75) is 43.9 Å². The summed E-state index contributed by atoms with van der Waals surface area (Å²) in [7, 11) is -3.65. The van der Waals surface area contributed by atoms with Gasteiger partial charge in [0.05, 0.1) is 0 Å². The molecule has 23 heavy (non-hydrogen) atoms. The topological polar surface area (TPSA) is 75.4 Å². The Morgan fingerprint density at radius 2 is 2.00 bits per heavy atom. The molecule has 0 amide bonds. The first-order chi connectivity index (χ1) is 10.7. The van der Waals surface area contributed by atoms with Gasteiger partial charge in [0.1, 0.15) is 5.76 Å². The van der Waals surface area contributed by atoms with Gasteiger partial charge in [-0.2, -0.15) is 9.27 Å². The second kappa shape index (κ2) is 6.76. The molecule has 1 aromatic heterocycles. The Balaban J connectivity index is 2.16. The van der Waals surface area contributed by atoms with Crippen LogP contribution in [0, 0.1) is 6.92 Å². The van der Waals surface area contributed by atoms with Gasteiger partial charge in [-0.3, -0.25) is 0 Å². The molecule has 2 rings (SSSR count). The molecule has 1 unspecified atom stereocenters. The van der Waals surface area contributed by atoms with Crippen molar-refractivity contribution in [3.05, 3.63) is 41.7 Å². The largest absolute Gasteiger partial charge is 0.359 e. The molecule has 0 saturated carbocycles. The van der Waals surface area contributed by atoms with E-state index in [0.717, 1.165) is 0 Å². The van der Waals surface area contributed by atoms with Crippen LogP contribution in [0.1, 0.15) is 37.5 Å². The van der Waals surface area contributed by atoms with Gasteiger partial charge >= 0.3 is 10.4 Å². The molecular weight excluding hydrogens is 326 g/mol. The van der Waals surface area contributed by atoms with Gasteiger partial charge in [0.15, 0.2) is 0 Å². The Morgan fingerprint density at radius 1 is 1.35 bits per heavy atom. The Kier molecular flexibility index (Phi) is 5.16. The van der Waals surface area contributed by atoms with Gasteiger partial charge < -0.3 is 4.52 Å². The number of halogens is 2. The fourth-order valence-electron chi connectivity index (χ4n) is 2.04. The van der Waals surface area contributed by atoms with Gasteiger partial charge in [-0.1, -0.05) is 18.5 Å². The monoisotopic (exact) mass is 345 g/mol. The summed E-state index contributed by atoms with van der Waals surface area (Å²) < 4.78 is 57.3. The lowest BCUT2D eigenvalue weighted by molar-refractivity contribution is -0.0154. The number of anilines is 1. The zero-order valence-corrected chi connectivity index (χ0v) is 13.7. The normalized spacial score (nSPS) is 14.5. The number of hydrogen-bond donors (Lipinski definition) is 2. The van der Waals surface area contributed by atoms with E-state index in [1.807, 2.05) is 6.92 Å². The lowest BCUT2D eigenvalue weighted by Crippen LogP contribution is -2.21. The fourth-order valence-corrected chi connectivity index (χ4v) is 3.04. The summed E-state index contributed by atoms with van der Waals surface area (Å²) in [6.07, 6.45) is 0.853. The van der Waals surface area contributed by atoms with Crippen LogP contribution in [0.4, 0.5) is 14.6 Å². The van der Waals surface area contributed by atoms with E-state index >= 15 is 0 Å². The van der Waals surface area contributed by atoms with E-state index in [1.165, 1.54) is 30.3 Å². The van der Waals surface area contributed by atoms with Gasteiger partial charge in [-0.05, 0) is 41.8 Å². The van der Waals surface area contributed by atoms with Crippen LogP contribution in [-0.4, -0.2) is 9.71 Å². The molecule has 1 heterocycles. The standard InChI is InChI=1S/C15H18F2N2O3S/c1-3-4-9-15(16,17)12-5-7-13(8-6-12)23(20,21)19-14-10-11(2)22-18-14/h5-8,10H,3-4,9H2,1-2H3,(H-,18,19,20,21)/p+1. The van der Waals surface area contributed by atoms with Crippen molar-refractivity contribution in [3.63, 3.8) is 0 Å². The molecule has 0 radical (unpaired) electrons. The average molecular weight is 345 g/mol. The van der Waals surface area contributed by atoms with Gasteiger partial charge in [0.25, 0.3) is 5.92 Å². The van der Waals surface area contributed by atoms with E-state index in [4.69, 9.17) is 4.52 Å². The molecule has 2 N–H and O–H groups in total. The maximum Gasteiger partial charge on any atom is 0.347 e. The first kappa shape index (κ1) is 17.6. The Hall–Kier alpha value is -1.80. The van der Waals surface area contributed by atoms with Crippen LogP contribution in [0.5, 0.6) is 0 Å². The second-order valence-corrected chi connectivity index (χ2v) is 7.01. The molecule has 0 aliphatic carbocycles. The zero-order chi connectivity index (χ0) is 17.1. The van der Waals surface area contributed by atoms with E-state index in [1.54, 1.807) is 6.92 Å². The van der Waals surface area contributed by atoms with Crippen LogP contribution >= 0.6 is 0 Å². The van der Waals surface area contributed by atoms with Crippen molar-refractivity contribution in [1.29, 1.82) is 0 Å². The van der Waals surface area contributed by atoms with Crippen molar-refractivity contribution in [1.82, 2.24) is 5.16 Å². The lowest BCUT2D eigenvalue weighted by atomic mass is 10.0. The number of unbranched alkanes of at least 4 members (excludes halogenated alkanes) is 1. The highest BCUT2D eigenvalue weighted by molar-refractivity contribution is 7.99. The molecule has 0 saturated heterocycles. The van der Waals surface area contributed by atoms with Crippen LogP contribution in [0.3, 0.4) is 0 Å². The first-order valence-electron chi connectivity index (χ1n) is 7.21. The molecule has 8 heteroatoms. The Labute approximate surface area is 134 Å². The number of hydrogen-bond acceptors (Lipinski definition) is 3. The van der Waals surface area contributed by atoms with Crippen molar-refractivity contribution in [2.24, 2.45) is 0 Å². The van der Waals surface area contributed by atoms with Crippen molar-refractivity contribution >= 4 is 16.2 Å². The summed E-state index contributed by atoms with van der Waals surface area (Å²) in [6, 6.07) is 6.26. The van der Waals surface area contributed by atoms with Crippen LogP contribution < -0.4 is 4.72 Å². The molecule has 1 atom stereocenters. The number of nitrogens with zero attached hydrogens (tertiary/aromatic N) is 1. The Morgan fingerprint density at radius 3 is 2.52 bits per heavy atom. The summed E-state index contributed by atoms with van der Waals surface area (Å²) in [5.74, 6) is -2.36. The number of aromatic nitrogens is 1. The quantitative estimate of drug-likeness (QED) is 0.718.